The maximum Gasteiger partial charge on any atom is 0.270 e. The number of hydrogen-bond donors (Lipinski definition) is 2. The van der Waals surface area contributed by atoms with Gasteiger partial charge in [-0.25, -0.2) is 10.4 Å². The van der Waals surface area contributed by atoms with Gasteiger partial charge < -0.3 is 4.74 Å². The molecule has 0 saturated heterocycles. The minimum atomic E-state index is -0.532. The fourth-order valence-corrected chi connectivity index (χ4v) is 3.03. The molecule has 3 aromatic carbocycles. The van der Waals surface area contributed by atoms with E-state index in [1.165, 1.54) is 0 Å². The third-order valence-electron chi connectivity index (χ3n) is 4.57. The minimum Gasteiger partial charge on any atom is -0.489 e. The van der Waals surface area contributed by atoms with Crippen molar-refractivity contribution >= 4 is 12.2 Å². The first kappa shape index (κ1) is 20.6. The van der Waals surface area contributed by atoms with Crippen LogP contribution in [0.5, 0.6) is 5.75 Å². The maximum atomic E-state index is 12.3. The molecule has 0 amide bonds. The molecule has 7 nitrogen and oxygen atoms in total. The molecule has 1 aromatic heterocycles. The Morgan fingerprint density at radius 1 is 1.03 bits per heavy atom. The van der Waals surface area contributed by atoms with Gasteiger partial charge in [0.1, 0.15) is 24.0 Å². The summed E-state index contributed by atoms with van der Waals surface area (Å²) < 4.78 is 5.83. The number of hydrogen-bond acceptors (Lipinski definition) is 6. The molecule has 0 atom stereocenters. The zero-order valence-corrected chi connectivity index (χ0v) is 17.0. The molecule has 32 heavy (non-hydrogen) atoms. The van der Waals surface area contributed by atoms with Crippen LogP contribution in [0.25, 0.3) is 11.3 Å². The van der Waals surface area contributed by atoms with E-state index in [1.807, 2.05) is 78.9 Å². The van der Waals surface area contributed by atoms with Gasteiger partial charge in [-0.1, -0.05) is 72.8 Å². The van der Waals surface area contributed by atoms with E-state index in [0.717, 1.165) is 11.1 Å². The van der Waals surface area contributed by atoms with Crippen LogP contribution in [0.1, 0.15) is 16.7 Å². The number of H-pyrrole nitrogens is 1. The van der Waals surface area contributed by atoms with Gasteiger partial charge in [0.25, 0.3) is 5.56 Å². The maximum absolute atomic E-state index is 12.3. The largest absolute Gasteiger partial charge is 0.489 e. The highest BCUT2D eigenvalue weighted by Crippen LogP contribution is 2.19. The molecule has 4 rings (SSSR count). The average Bonchev–Trinajstić information content (AvgIpc) is 2.84. The van der Waals surface area contributed by atoms with Crippen LogP contribution in [0.15, 0.2) is 94.8 Å². The van der Waals surface area contributed by atoms with Gasteiger partial charge in [-0.2, -0.15) is 10.4 Å². The number of aromatic amines is 1. The summed E-state index contributed by atoms with van der Waals surface area (Å²) in [5.41, 5.74) is 5.00. The summed E-state index contributed by atoms with van der Waals surface area (Å²) in [5, 5.41) is 13.5. The van der Waals surface area contributed by atoms with Gasteiger partial charge in [0.2, 0.25) is 5.95 Å². The van der Waals surface area contributed by atoms with Gasteiger partial charge in [-0.05, 0) is 23.3 Å². The predicted octanol–water partition coefficient (Wildman–Crippen LogP) is 4.33. The summed E-state index contributed by atoms with van der Waals surface area (Å²) in [5.74, 6) is 0.856. The Balaban J connectivity index is 1.48. The van der Waals surface area contributed by atoms with Crippen molar-refractivity contribution in [3.8, 4) is 23.1 Å². The van der Waals surface area contributed by atoms with Gasteiger partial charge in [-0.3, -0.25) is 9.78 Å². The molecule has 0 aliphatic rings. The van der Waals surface area contributed by atoms with Crippen molar-refractivity contribution in [2.75, 3.05) is 5.43 Å². The molecule has 0 spiro atoms. The van der Waals surface area contributed by atoms with Gasteiger partial charge in [-0.15, -0.1) is 0 Å². The lowest BCUT2D eigenvalue weighted by Gasteiger charge is -2.07. The van der Waals surface area contributed by atoms with Crippen molar-refractivity contribution in [2.24, 2.45) is 5.10 Å². The van der Waals surface area contributed by atoms with Crippen LogP contribution in [-0.2, 0) is 6.61 Å². The molecule has 0 aliphatic heterocycles. The Bertz CT molecular complexity index is 1330. The van der Waals surface area contributed by atoms with E-state index in [9.17, 15) is 10.1 Å². The zero-order chi connectivity index (χ0) is 22.2. The fraction of sp³-hybridized carbons (Fsp3) is 0.0400. The topological polar surface area (TPSA) is 103 Å². The molecule has 156 valence electrons. The summed E-state index contributed by atoms with van der Waals surface area (Å²) in [6, 6.07) is 28.4. The smallest absolute Gasteiger partial charge is 0.270 e. The SMILES string of the molecule is N#Cc1c(-c2ccccc2)nc(NN=Cc2cccc(OCc3ccccc3)c2)[nH]c1=O. The number of anilines is 1. The van der Waals surface area contributed by atoms with Gasteiger partial charge in [0, 0.05) is 5.56 Å². The molecule has 7 heteroatoms. The molecule has 0 saturated carbocycles. The van der Waals surface area contributed by atoms with Crippen molar-refractivity contribution in [3.05, 3.63) is 112 Å². The third kappa shape index (κ3) is 5.07. The summed E-state index contributed by atoms with van der Waals surface area (Å²) in [7, 11) is 0. The Morgan fingerprint density at radius 3 is 2.53 bits per heavy atom. The lowest BCUT2D eigenvalue weighted by molar-refractivity contribution is 0.306. The van der Waals surface area contributed by atoms with E-state index in [2.05, 4.69) is 20.5 Å². The molecular formula is C25H19N5O2. The fourth-order valence-electron chi connectivity index (χ4n) is 3.03. The van der Waals surface area contributed by atoms with E-state index in [4.69, 9.17) is 4.74 Å². The summed E-state index contributed by atoms with van der Waals surface area (Å²) in [4.78, 5) is 19.2. The van der Waals surface area contributed by atoms with Gasteiger partial charge in [0.05, 0.1) is 11.9 Å². The van der Waals surface area contributed by atoms with Crippen LogP contribution in [0.3, 0.4) is 0 Å². The summed E-state index contributed by atoms with van der Waals surface area (Å²) in [6.07, 6.45) is 1.59. The highest BCUT2D eigenvalue weighted by molar-refractivity contribution is 5.80. The number of benzene rings is 3. The number of nitriles is 1. The van der Waals surface area contributed by atoms with E-state index in [1.54, 1.807) is 18.3 Å². The molecule has 0 bridgehead atoms. The van der Waals surface area contributed by atoms with Crippen molar-refractivity contribution in [2.45, 2.75) is 6.61 Å². The molecule has 4 aromatic rings. The average molecular weight is 421 g/mol. The van der Waals surface area contributed by atoms with Crippen LogP contribution >= 0.6 is 0 Å². The Hall–Kier alpha value is -4.70. The first-order chi connectivity index (χ1) is 15.7. The third-order valence-corrected chi connectivity index (χ3v) is 4.57. The summed E-state index contributed by atoms with van der Waals surface area (Å²) in [6.45, 7) is 0.471. The zero-order valence-electron chi connectivity index (χ0n) is 17.0. The van der Waals surface area contributed by atoms with Crippen LogP contribution in [-0.4, -0.2) is 16.2 Å². The quantitative estimate of drug-likeness (QED) is 0.341. The van der Waals surface area contributed by atoms with Gasteiger partial charge in [0.15, 0.2) is 0 Å². The number of nitrogens with one attached hydrogen (secondary N) is 2. The second kappa shape index (κ2) is 9.87. The number of ether oxygens (including phenoxy) is 1. The number of hydrazone groups is 1. The predicted molar refractivity (Wildman–Crippen MR) is 123 cm³/mol. The molecular weight excluding hydrogens is 402 g/mol. The molecule has 0 aliphatic carbocycles. The van der Waals surface area contributed by atoms with E-state index in [0.29, 0.717) is 23.6 Å². The van der Waals surface area contributed by atoms with Crippen LogP contribution in [0.2, 0.25) is 0 Å². The monoisotopic (exact) mass is 421 g/mol. The van der Waals surface area contributed by atoms with Crippen molar-refractivity contribution in [1.82, 2.24) is 9.97 Å². The number of nitrogens with zero attached hydrogens (tertiary/aromatic N) is 3. The van der Waals surface area contributed by atoms with Crippen LogP contribution in [0, 0.1) is 11.3 Å². The highest BCUT2D eigenvalue weighted by atomic mass is 16.5. The van der Waals surface area contributed by atoms with E-state index in [-0.39, 0.29) is 11.5 Å². The van der Waals surface area contributed by atoms with Gasteiger partial charge >= 0.3 is 0 Å². The minimum absolute atomic E-state index is 0.0472. The van der Waals surface area contributed by atoms with Crippen LogP contribution in [0.4, 0.5) is 5.95 Å². The van der Waals surface area contributed by atoms with Crippen LogP contribution < -0.4 is 15.7 Å². The molecule has 0 unspecified atom stereocenters. The molecule has 0 radical (unpaired) electrons. The van der Waals surface area contributed by atoms with Crippen molar-refractivity contribution < 1.29 is 4.74 Å². The van der Waals surface area contributed by atoms with E-state index >= 15 is 0 Å². The first-order valence-electron chi connectivity index (χ1n) is 9.88. The number of aromatic nitrogens is 2. The van der Waals surface area contributed by atoms with Crippen molar-refractivity contribution in [1.29, 1.82) is 5.26 Å². The molecule has 2 N–H and O–H groups in total. The van der Waals surface area contributed by atoms with E-state index < -0.39 is 5.56 Å². The molecule has 1 heterocycles. The Labute approximate surface area is 184 Å². The first-order valence-corrected chi connectivity index (χ1v) is 9.88. The lowest BCUT2D eigenvalue weighted by Crippen LogP contribution is -2.16. The second-order valence-corrected chi connectivity index (χ2v) is 6.83. The number of rotatable bonds is 7. The lowest BCUT2D eigenvalue weighted by atomic mass is 10.1. The highest BCUT2D eigenvalue weighted by Gasteiger charge is 2.12. The molecule has 0 fully saturated rings. The van der Waals surface area contributed by atoms with Crippen molar-refractivity contribution in [3.63, 3.8) is 0 Å². The second-order valence-electron chi connectivity index (χ2n) is 6.83. The Morgan fingerprint density at radius 2 is 1.78 bits per heavy atom. The summed E-state index contributed by atoms with van der Waals surface area (Å²) >= 11 is 0. The Kier molecular flexibility index (Phi) is 6.34. The normalized spacial score (nSPS) is 10.6. The standard InChI is InChI=1S/C25H19N5O2/c26-15-22-23(20-11-5-2-6-12-20)28-25(29-24(22)31)30-27-16-19-10-7-13-21(14-19)32-17-18-8-3-1-4-9-18/h1-14,16H,17H2,(H2,28,29,30,31).